The highest BCUT2D eigenvalue weighted by Crippen LogP contribution is 2.30. The summed E-state index contributed by atoms with van der Waals surface area (Å²) >= 11 is 3.05. The van der Waals surface area contributed by atoms with Crippen LogP contribution in [0.4, 0.5) is 0 Å². The molecular formula is C20H20N2O2S2. The first-order valence-corrected chi connectivity index (χ1v) is 10.00. The van der Waals surface area contributed by atoms with Crippen LogP contribution in [0, 0.1) is 0 Å². The van der Waals surface area contributed by atoms with Crippen molar-refractivity contribution in [3.8, 4) is 17.0 Å². The summed E-state index contributed by atoms with van der Waals surface area (Å²) in [7, 11) is 1.64. The number of thiazole rings is 1. The predicted molar refractivity (Wildman–Crippen MR) is 108 cm³/mol. The molecule has 1 heterocycles. The van der Waals surface area contributed by atoms with E-state index in [1.807, 2.05) is 66.9 Å². The average molecular weight is 385 g/mol. The molecule has 0 aliphatic rings. The maximum absolute atomic E-state index is 12.3. The Hall–Kier alpha value is -2.31. The van der Waals surface area contributed by atoms with E-state index in [0.717, 1.165) is 26.9 Å². The molecule has 1 aromatic heterocycles. The van der Waals surface area contributed by atoms with E-state index in [1.165, 1.54) is 11.8 Å². The number of aromatic nitrogens is 1. The van der Waals surface area contributed by atoms with Crippen LogP contribution < -0.4 is 10.1 Å². The Balaban J connectivity index is 1.53. The third-order valence-corrected chi connectivity index (χ3v) is 5.90. The van der Waals surface area contributed by atoms with E-state index in [9.17, 15) is 4.79 Å². The summed E-state index contributed by atoms with van der Waals surface area (Å²) in [5, 5.41) is 4.79. The molecule has 0 aliphatic carbocycles. The van der Waals surface area contributed by atoms with Crippen LogP contribution in [0.2, 0.25) is 0 Å². The van der Waals surface area contributed by atoms with Crippen LogP contribution in [0.1, 0.15) is 12.5 Å². The average Bonchev–Trinajstić information content (AvgIpc) is 3.15. The van der Waals surface area contributed by atoms with Crippen LogP contribution in [-0.2, 0) is 11.3 Å². The summed E-state index contributed by atoms with van der Waals surface area (Å²) in [6, 6.07) is 17.7. The van der Waals surface area contributed by atoms with E-state index in [4.69, 9.17) is 4.74 Å². The third kappa shape index (κ3) is 4.86. The predicted octanol–water partition coefficient (Wildman–Crippen LogP) is 4.62. The van der Waals surface area contributed by atoms with E-state index in [0.29, 0.717) is 6.54 Å². The zero-order chi connectivity index (χ0) is 18.4. The second kappa shape index (κ2) is 8.87. The largest absolute Gasteiger partial charge is 0.497 e. The number of hydrogen-bond donors (Lipinski definition) is 1. The van der Waals surface area contributed by atoms with Crippen LogP contribution in [-0.4, -0.2) is 23.3 Å². The van der Waals surface area contributed by atoms with Gasteiger partial charge in [0.1, 0.15) is 5.75 Å². The van der Waals surface area contributed by atoms with Crippen molar-refractivity contribution in [3.63, 3.8) is 0 Å². The summed E-state index contributed by atoms with van der Waals surface area (Å²) in [6.45, 7) is 2.40. The molecule has 2 aromatic carbocycles. The molecular weight excluding hydrogens is 364 g/mol. The molecule has 0 radical (unpaired) electrons. The van der Waals surface area contributed by atoms with Gasteiger partial charge in [-0.1, -0.05) is 54.2 Å². The van der Waals surface area contributed by atoms with Gasteiger partial charge >= 0.3 is 0 Å². The maximum Gasteiger partial charge on any atom is 0.233 e. The minimum absolute atomic E-state index is 0.00211. The topological polar surface area (TPSA) is 51.2 Å². The van der Waals surface area contributed by atoms with Gasteiger partial charge in [0.15, 0.2) is 4.34 Å². The fraction of sp³-hybridized carbons (Fsp3) is 0.200. The Labute approximate surface area is 161 Å². The lowest BCUT2D eigenvalue weighted by molar-refractivity contribution is -0.120. The number of nitrogens with zero attached hydrogens (tertiary/aromatic N) is 1. The quantitative estimate of drug-likeness (QED) is 0.604. The smallest absolute Gasteiger partial charge is 0.233 e. The molecule has 3 aromatic rings. The first kappa shape index (κ1) is 18.5. The molecule has 1 unspecified atom stereocenters. The van der Waals surface area contributed by atoms with Crippen molar-refractivity contribution in [1.29, 1.82) is 0 Å². The number of carbonyl (C=O) groups is 1. The van der Waals surface area contributed by atoms with Gasteiger partial charge in [0, 0.05) is 17.5 Å². The van der Waals surface area contributed by atoms with Crippen LogP contribution >= 0.6 is 23.1 Å². The van der Waals surface area contributed by atoms with Crippen molar-refractivity contribution in [1.82, 2.24) is 10.3 Å². The van der Waals surface area contributed by atoms with Crippen LogP contribution in [0.15, 0.2) is 64.3 Å². The Morgan fingerprint density at radius 1 is 1.19 bits per heavy atom. The Bertz CT molecular complexity index is 848. The first-order chi connectivity index (χ1) is 12.7. The summed E-state index contributed by atoms with van der Waals surface area (Å²) in [6.07, 6.45) is 0. The molecule has 0 saturated heterocycles. The molecule has 0 bridgehead atoms. The van der Waals surface area contributed by atoms with E-state index < -0.39 is 0 Å². The number of methoxy groups -OCH3 is 1. The number of nitrogens with one attached hydrogen (secondary N) is 1. The molecule has 0 aliphatic heterocycles. The van der Waals surface area contributed by atoms with Crippen molar-refractivity contribution < 1.29 is 9.53 Å². The molecule has 0 saturated carbocycles. The van der Waals surface area contributed by atoms with Crippen LogP contribution in [0.25, 0.3) is 11.3 Å². The van der Waals surface area contributed by atoms with E-state index in [-0.39, 0.29) is 11.2 Å². The van der Waals surface area contributed by atoms with Gasteiger partial charge in [-0.2, -0.15) is 0 Å². The normalized spacial score (nSPS) is 11.8. The van der Waals surface area contributed by atoms with E-state index in [2.05, 4.69) is 10.3 Å². The summed E-state index contributed by atoms with van der Waals surface area (Å²) in [4.78, 5) is 17.0. The lowest BCUT2D eigenvalue weighted by Crippen LogP contribution is -2.30. The Morgan fingerprint density at radius 3 is 2.62 bits per heavy atom. The molecule has 4 nitrogen and oxygen atoms in total. The monoisotopic (exact) mass is 384 g/mol. The summed E-state index contributed by atoms with van der Waals surface area (Å²) in [5.74, 6) is 0.810. The Kier molecular flexibility index (Phi) is 6.30. The van der Waals surface area contributed by atoms with Crippen LogP contribution in [0.5, 0.6) is 5.75 Å². The molecule has 1 amide bonds. The van der Waals surface area contributed by atoms with Gasteiger partial charge in [-0.15, -0.1) is 11.3 Å². The van der Waals surface area contributed by atoms with E-state index >= 15 is 0 Å². The number of rotatable bonds is 7. The van der Waals surface area contributed by atoms with Crippen molar-refractivity contribution in [2.24, 2.45) is 0 Å². The molecule has 0 spiro atoms. The highest BCUT2D eigenvalue weighted by Gasteiger charge is 2.16. The molecule has 26 heavy (non-hydrogen) atoms. The molecule has 1 N–H and O–H groups in total. The minimum atomic E-state index is -0.206. The third-order valence-electron chi connectivity index (χ3n) is 3.83. The van der Waals surface area contributed by atoms with Gasteiger partial charge in [0.05, 0.1) is 18.1 Å². The zero-order valence-corrected chi connectivity index (χ0v) is 16.3. The summed E-state index contributed by atoms with van der Waals surface area (Å²) < 4.78 is 6.04. The fourth-order valence-electron chi connectivity index (χ4n) is 2.33. The molecule has 3 rings (SSSR count). The van der Waals surface area contributed by atoms with Crippen molar-refractivity contribution in [3.05, 3.63) is 65.5 Å². The lowest BCUT2D eigenvalue weighted by atomic mass is 10.2. The van der Waals surface area contributed by atoms with Crippen molar-refractivity contribution in [2.75, 3.05) is 7.11 Å². The second-order valence-corrected chi connectivity index (χ2v) is 8.14. The van der Waals surface area contributed by atoms with Gasteiger partial charge in [-0.25, -0.2) is 4.98 Å². The number of ether oxygens (including phenoxy) is 1. The number of hydrogen-bond acceptors (Lipinski definition) is 5. The minimum Gasteiger partial charge on any atom is -0.497 e. The molecule has 0 fully saturated rings. The lowest BCUT2D eigenvalue weighted by Gasteiger charge is -2.11. The zero-order valence-electron chi connectivity index (χ0n) is 14.6. The number of benzene rings is 2. The second-order valence-electron chi connectivity index (χ2n) is 5.69. The van der Waals surface area contributed by atoms with Crippen LogP contribution in [0.3, 0.4) is 0 Å². The van der Waals surface area contributed by atoms with Gasteiger partial charge in [-0.05, 0) is 24.6 Å². The van der Waals surface area contributed by atoms with Gasteiger partial charge in [0.2, 0.25) is 5.91 Å². The van der Waals surface area contributed by atoms with Gasteiger partial charge in [0.25, 0.3) is 0 Å². The number of thioether (sulfide) groups is 1. The number of amides is 1. The van der Waals surface area contributed by atoms with Gasteiger partial charge < -0.3 is 10.1 Å². The first-order valence-electron chi connectivity index (χ1n) is 8.24. The van der Waals surface area contributed by atoms with E-state index in [1.54, 1.807) is 18.4 Å². The maximum atomic E-state index is 12.3. The fourth-order valence-corrected chi connectivity index (χ4v) is 4.33. The molecule has 134 valence electrons. The SMILES string of the molecule is COc1ccc(CNC(=O)C(C)Sc2nc(-c3ccccc3)cs2)cc1. The highest BCUT2D eigenvalue weighted by atomic mass is 32.2. The number of carbonyl (C=O) groups excluding carboxylic acids is 1. The Morgan fingerprint density at radius 2 is 1.92 bits per heavy atom. The van der Waals surface area contributed by atoms with Crippen molar-refractivity contribution >= 4 is 29.0 Å². The molecule has 6 heteroatoms. The highest BCUT2D eigenvalue weighted by molar-refractivity contribution is 8.02. The van der Waals surface area contributed by atoms with Gasteiger partial charge in [-0.3, -0.25) is 4.79 Å². The standard InChI is InChI=1S/C20H20N2O2S2/c1-14(19(23)21-12-15-8-10-17(24-2)11-9-15)26-20-22-18(13-25-20)16-6-4-3-5-7-16/h3-11,13-14H,12H2,1-2H3,(H,21,23). The summed E-state index contributed by atoms with van der Waals surface area (Å²) in [5.41, 5.74) is 3.08. The molecule has 1 atom stereocenters. The van der Waals surface area contributed by atoms with Crippen molar-refractivity contribution in [2.45, 2.75) is 23.1 Å².